The summed E-state index contributed by atoms with van der Waals surface area (Å²) >= 11 is 0. The third-order valence-corrected chi connectivity index (χ3v) is 16.3. The lowest BCUT2D eigenvalue weighted by Gasteiger charge is -2.21. The number of ether oxygens (including phenoxy) is 4. The van der Waals surface area contributed by atoms with Crippen molar-refractivity contribution >= 4 is 39.5 Å². The number of hydrogen-bond acceptors (Lipinski definition) is 15. The summed E-state index contributed by atoms with van der Waals surface area (Å²) in [7, 11) is -9.88. The molecule has 0 aromatic heterocycles. The van der Waals surface area contributed by atoms with Crippen molar-refractivity contribution in [3.05, 3.63) is 0 Å². The molecule has 0 aromatic carbocycles. The van der Waals surface area contributed by atoms with E-state index in [1.165, 1.54) is 89.9 Å². The van der Waals surface area contributed by atoms with Crippen LogP contribution in [0.15, 0.2) is 0 Å². The van der Waals surface area contributed by atoms with Crippen molar-refractivity contribution in [1.82, 2.24) is 0 Å². The molecule has 7 atom stereocenters. The van der Waals surface area contributed by atoms with Gasteiger partial charge in [-0.05, 0) is 43.4 Å². The number of unbranched alkanes of at least 4 members (excludes halogenated alkanes) is 24. The minimum atomic E-state index is -4.94. The number of hydrogen-bond donors (Lipinski definition) is 3. The highest BCUT2D eigenvalue weighted by Crippen LogP contribution is 2.45. The maximum absolute atomic E-state index is 12.9. The summed E-state index contributed by atoms with van der Waals surface area (Å²) in [5.74, 6) is -0.000896. The third kappa shape index (κ3) is 52.6. The van der Waals surface area contributed by atoms with Crippen LogP contribution in [0.1, 0.15) is 286 Å². The molecule has 0 saturated carbocycles. The Bertz CT molecular complexity index is 1580. The zero-order chi connectivity index (χ0) is 58.8. The minimum absolute atomic E-state index is 0.102. The molecule has 0 amide bonds. The molecule has 0 saturated heterocycles. The van der Waals surface area contributed by atoms with Crippen LogP contribution in [-0.2, 0) is 65.4 Å². The molecule has 0 bridgehead atoms. The van der Waals surface area contributed by atoms with Crippen molar-refractivity contribution in [3.63, 3.8) is 0 Å². The molecular formula is C60H116O17P2. The Kier molecular flexibility index (Phi) is 50.4. The van der Waals surface area contributed by atoms with E-state index in [2.05, 4.69) is 48.5 Å². The Morgan fingerprint density at radius 1 is 0.367 bits per heavy atom. The molecule has 17 nitrogen and oxygen atoms in total. The first-order chi connectivity index (χ1) is 37.8. The number of esters is 4. The van der Waals surface area contributed by atoms with Crippen LogP contribution in [0, 0.1) is 17.8 Å². The van der Waals surface area contributed by atoms with Gasteiger partial charge in [0.25, 0.3) is 0 Å². The van der Waals surface area contributed by atoms with Crippen LogP contribution in [0.25, 0.3) is 0 Å². The van der Waals surface area contributed by atoms with E-state index in [1.54, 1.807) is 0 Å². The van der Waals surface area contributed by atoms with Crippen molar-refractivity contribution in [2.75, 3.05) is 39.6 Å². The monoisotopic (exact) mass is 1170 g/mol. The predicted molar refractivity (Wildman–Crippen MR) is 312 cm³/mol. The van der Waals surface area contributed by atoms with E-state index < -0.39 is 97.5 Å². The summed E-state index contributed by atoms with van der Waals surface area (Å²) in [6, 6.07) is 0. The highest BCUT2D eigenvalue weighted by molar-refractivity contribution is 7.47. The Balaban J connectivity index is 5.25. The van der Waals surface area contributed by atoms with E-state index in [4.69, 9.17) is 37.0 Å². The number of carbonyl (C=O) groups is 4. The van der Waals surface area contributed by atoms with Crippen molar-refractivity contribution in [2.24, 2.45) is 17.8 Å². The number of phosphoric acid groups is 2. The van der Waals surface area contributed by atoms with Gasteiger partial charge in [0, 0.05) is 25.7 Å². The molecule has 0 aliphatic rings. The van der Waals surface area contributed by atoms with E-state index in [-0.39, 0.29) is 25.7 Å². The van der Waals surface area contributed by atoms with Gasteiger partial charge in [-0.15, -0.1) is 0 Å². The summed E-state index contributed by atoms with van der Waals surface area (Å²) in [6.07, 6.45) is 30.9. The van der Waals surface area contributed by atoms with Gasteiger partial charge < -0.3 is 33.8 Å². The summed E-state index contributed by atoms with van der Waals surface area (Å²) in [5, 5.41) is 10.5. The second-order valence-corrected chi connectivity index (χ2v) is 25.6. The van der Waals surface area contributed by atoms with E-state index in [0.717, 1.165) is 108 Å². The lowest BCUT2D eigenvalue weighted by atomic mass is 10.00. The second-order valence-electron chi connectivity index (χ2n) is 22.7. The molecule has 0 spiro atoms. The number of carbonyl (C=O) groups excluding carboxylic acids is 4. The highest BCUT2D eigenvalue weighted by atomic mass is 31.2. The molecule has 4 unspecified atom stereocenters. The first-order valence-electron chi connectivity index (χ1n) is 31.4. The van der Waals surface area contributed by atoms with Gasteiger partial charge in [0.05, 0.1) is 26.4 Å². The lowest BCUT2D eigenvalue weighted by molar-refractivity contribution is -0.161. The number of rotatable bonds is 58. The van der Waals surface area contributed by atoms with Gasteiger partial charge in [-0.25, -0.2) is 9.13 Å². The molecule has 0 heterocycles. The van der Waals surface area contributed by atoms with Crippen LogP contribution in [0.3, 0.4) is 0 Å². The molecule has 0 radical (unpaired) electrons. The average molecular weight is 1170 g/mol. The fraction of sp³-hybridized carbons (Fsp3) is 0.933. The van der Waals surface area contributed by atoms with E-state index in [0.29, 0.717) is 31.6 Å². The maximum atomic E-state index is 12.9. The van der Waals surface area contributed by atoms with Crippen LogP contribution in [0.2, 0.25) is 0 Å². The third-order valence-electron chi connectivity index (χ3n) is 14.4. The molecule has 0 rings (SSSR count). The number of aliphatic hydroxyl groups excluding tert-OH is 1. The first kappa shape index (κ1) is 77.1. The number of aliphatic hydroxyl groups is 1. The van der Waals surface area contributed by atoms with Gasteiger partial charge in [0.1, 0.15) is 19.3 Å². The molecule has 0 aliphatic carbocycles. The van der Waals surface area contributed by atoms with E-state index in [1.807, 2.05) is 0 Å². The van der Waals surface area contributed by atoms with Gasteiger partial charge in [-0.1, -0.05) is 235 Å². The topological polar surface area (TPSA) is 237 Å². The Labute approximate surface area is 479 Å². The summed E-state index contributed by atoms with van der Waals surface area (Å²) < 4.78 is 67.8. The summed E-state index contributed by atoms with van der Waals surface area (Å²) in [5.41, 5.74) is 0. The summed E-state index contributed by atoms with van der Waals surface area (Å²) in [6.45, 7) is 11.6. The predicted octanol–water partition coefficient (Wildman–Crippen LogP) is 15.9. The minimum Gasteiger partial charge on any atom is -0.462 e. The molecular weight excluding hydrogens is 1050 g/mol. The van der Waals surface area contributed by atoms with Crippen molar-refractivity contribution in [1.29, 1.82) is 0 Å². The van der Waals surface area contributed by atoms with Gasteiger partial charge >= 0.3 is 39.5 Å². The quantitative estimate of drug-likeness (QED) is 0.0222. The van der Waals surface area contributed by atoms with Crippen LogP contribution >= 0.6 is 15.6 Å². The average Bonchev–Trinajstić information content (AvgIpc) is 3.41. The highest BCUT2D eigenvalue weighted by Gasteiger charge is 2.30. The molecule has 468 valence electrons. The molecule has 19 heteroatoms. The molecule has 3 N–H and O–H groups in total. The largest absolute Gasteiger partial charge is 0.472 e. The van der Waals surface area contributed by atoms with Gasteiger partial charge in [-0.2, -0.15) is 0 Å². The normalized spacial score (nSPS) is 15.2. The summed E-state index contributed by atoms with van der Waals surface area (Å²) in [4.78, 5) is 71.9. The fourth-order valence-corrected chi connectivity index (χ4v) is 10.3. The zero-order valence-electron chi connectivity index (χ0n) is 50.8. The van der Waals surface area contributed by atoms with E-state index >= 15 is 0 Å². The van der Waals surface area contributed by atoms with Crippen molar-refractivity contribution < 1.29 is 80.2 Å². The van der Waals surface area contributed by atoms with Crippen LogP contribution < -0.4 is 0 Å². The second kappa shape index (κ2) is 51.7. The van der Waals surface area contributed by atoms with Crippen LogP contribution in [0.4, 0.5) is 0 Å². The Hall–Kier alpha value is -1.94. The van der Waals surface area contributed by atoms with Gasteiger partial charge in [0.15, 0.2) is 12.2 Å². The van der Waals surface area contributed by atoms with Gasteiger partial charge in [0.2, 0.25) is 0 Å². The first-order valence-corrected chi connectivity index (χ1v) is 34.4. The molecule has 79 heavy (non-hydrogen) atoms. The maximum Gasteiger partial charge on any atom is 0.472 e. The molecule has 0 fully saturated rings. The van der Waals surface area contributed by atoms with Gasteiger partial charge in [-0.3, -0.25) is 37.3 Å². The number of phosphoric ester groups is 2. The lowest BCUT2D eigenvalue weighted by Crippen LogP contribution is -2.30. The standard InChI is InChI=1S/C60H116O17P2/c1-8-11-12-13-14-15-18-27-34-41-57(62)70-47-56(77-60(65)44-37-30-23-21-26-33-40-53(7)10-3)50-75-79(68,69)73-46-54(61)45-72-78(66,67)74-49-55(76-59(64)43-36-29-19-16-17-24-31-38-51(4)5)48-71-58(63)42-35-28-22-20-25-32-39-52(6)9-2/h51-56,61H,8-50H2,1-7H3,(H,66,67)(H,68,69)/t52?,53?,54-,55-,56-/m1/s1. The Morgan fingerprint density at radius 3 is 0.962 bits per heavy atom. The SMILES string of the molecule is CCCCCCCCCCCC(=O)OC[C@H](COP(=O)(O)OC[C@H](O)COP(=O)(O)OC[C@@H](COC(=O)CCCCCCCCC(C)CC)OC(=O)CCCCCCCCCC(C)C)OC(=O)CCCCCCCCC(C)CC. The smallest absolute Gasteiger partial charge is 0.462 e. The van der Waals surface area contributed by atoms with Crippen molar-refractivity contribution in [2.45, 2.75) is 304 Å². The molecule has 0 aromatic rings. The fourth-order valence-electron chi connectivity index (χ4n) is 8.71. The van der Waals surface area contributed by atoms with E-state index in [9.17, 15) is 43.2 Å². The molecule has 0 aliphatic heterocycles. The van der Waals surface area contributed by atoms with Crippen LogP contribution in [0.5, 0.6) is 0 Å². The van der Waals surface area contributed by atoms with Crippen molar-refractivity contribution in [3.8, 4) is 0 Å². The zero-order valence-corrected chi connectivity index (χ0v) is 52.6. The van der Waals surface area contributed by atoms with Crippen LogP contribution in [-0.4, -0.2) is 96.7 Å². The Morgan fingerprint density at radius 2 is 0.646 bits per heavy atom.